The minimum atomic E-state index is 0.465. The van der Waals surface area contributed by atoms with Crippen molar-refractivity contribution in [3.8, 4) is 5.88 Å². The quantitative estimate of drug-likeness (QED) is 0.634. The van der Waals surface area contributed by atoms with Crippen molar-refractivity contribution in [3.05, 3.63) is 6.33 Å². The molecule has 90 valence electrons. The number of rotatable bonds is 5. The molecule has 1 atom stereocenters. The molecule has 0 aliphatic rings. The zero-order valence-corrected chi connectivity index (χ0v) is 11.0. The first-order chi connectivity index (χ1) is 7.56. The minimum absolute atomic E-state index is 0.465. The van der Waals surface area contributed by atoms with Gasteiger partial charge in [0.1, 0.15) is 17.0 Å². The van der Waals surface area contributed by atoms with Gasteiger partial charge in [0.05, 0.1) is 6.61 Å². The van der Waals surface area contributed by atoms with Crippen molar-refractivity contribution in [2.75, 3.05) is 12.3 Å². The largest absolute Gasteiger partial charge is 0.476 e. The maximum absolute atomic E-state index is 5.95. The third-order valence-electron chi connectivity index (χ3n) is 2.33. The summed E-state index contributed by atoms with van der Waals surface area (Å²) < 4.78 is 5.33. The molecule has 2 N–H and O–H groups in total. The van der Waals surface area contributed by atoms with E-state index in [9.17, 15) is 0 Å². The van der Waals surface area contributed by atoms with E-state index in [0.717, 1.165) is 5.03 Å². The molecule has 0 aliphatic carbocycles. The van der Waals surface area contributed by atoms with E-state index in [-0.39, 0.29) is 0 Å². The van der Waals surface area contributed by atoms with Crippen LogP contribution in [0.25, 0.3) is 0 Å². The summed E-state index contributed by atoms with van der Waals surface area (Å²) in [5.41, 5.74) is 6.49. The molecule has 1 rings (SSSR count). The monoisotopic (exact) mass is 241 g/mol. The Morgan fingerprint density at radius 2 is 2.06 bits per heavy atom. The summed E-state index contributed by atoms with van der Waals surface area (Å²) in [6.45, 7) is 8.99. The van der Waals surface area contributed by atoms with Gasteiger partial charge in [-0.05, 0) is 12.8 Å². The van der Waals surface area contributed by atoms with E-state index in [1.54, 1.807) is 11.8 Å². The Hall–Kier alpha value is -0.970. The molecule has 16 heavy (non-hydrogen) atoms. The first-order valence-electron chi connectivity index (χ1n) is 5.46. The standard InChI is InChI=1S/C11H19N3OS/c1-5-15-10-9(12)11(14-6-13-10)16-8(4)7(2)3/h6-8H,5,12H2,1-4H3. The van der Waals surface area contributed by atoms with Gasteiger partial charge in [-0.1, -0.05) is 20.8 Å². The summed E-state index contributed by atoms with van der Waals surface area (Å²) in [6.07, 6.45) is 1.50. The number of ether oxygens (including phenoxy) is 1. The second kappa shape index (κ2) is 5.94. The summed E-state index contributed by atoms with van der Waals surface area (Å²) in [6, 6.07) is 0. The van der Waals surface area contributed by atoms with E-state index >= 15 is 0 Å². The van der Waals surface area contributed by atoms with Crippen LogP contribution in [0.1, 0.15) is 27.7 Å². The molecule has 0 radical (unpaired) electrons. The van der Waals surface area contributed by atoms with Gasteiger partial charge in [-0.25, -0.2) is 4.98 Å². The lowest BCUT2D eigenvalue weighted by molar-refractivity contribution is 0.327. The van der Waals surface area contributed by atoms with Crippen molar-refractivity contribution >= 4 is 17.4 Å². The van der Waals surface area contributed by atoms with Gasteiger partial charge < -0.3 is 10.5 Å². The summed E-state index contributed by atoms with van der Waals surface area (Å²) >= 11 is 1.66. The average molecular weight is 241 g/mol. The molecule has 5 heteroatoms. The van der Waals surface area contributed by atoms with E-state index in [4.69, 9.17) is 10.5 Å². The highest BCUT2D eigenvalue weighted by atomic mass is 32.2. The molecule has 1 aromatic rings. The predicted molar refractivity (Wildman–Crippen MR) is 67.8 cm³/mol. The summed E-state index contributed by atoms with van der Waals surface area (Å²) in [7, 11) is 0. The number of hydrogen-bond donors (Lipinski definition) is 1. The van der Waals surface area contributed by atoms with E-state index in [1.807, 2.05) is 6.92 Å². The van der Waals surface area contributed by atoms with Crippen molar-refractivity contribution in [1.29, 1.82) is 0 Å². The number of nitrogens with two attached hydrogens (primary N) is 1. The molecule has 1 aromatic heterocycles. The second-order valence-electron chi connectivity index (χ2n) is 3.90. The van der Waals surface area contributed by atoms with Crippen LogP contribution in [0.2, 0.25) is 0 Å². The van der Waals surface area contributed by atoms with Gasteiger partial charge in [0.15, 0.2) is 0 Å². The van der Waals surface area contributed by atoms with Crippen LogP contribution in [-0.4, -0.2) is 21.8 Å². The highest BCUT2D eigenvalue weighted by Gasteiger charge is 2.15. The Morgan fingerprint density at radius 3 is 2.62 bits per heavy atom. The van der Waals surface area contributed by atoms with Gasteiger partial charge in [0.25, 0.3) is 0 Å². The number of nitrogen functional groups attached to an aromatic ring is 1. The molecule has 0 spiro atoms. The van der Waals surface area contributed by atoms with Gasteiger partial charge in [-0.15, -0.1) is 11.8 Å². The normalized spacial score (nSPS) is 12.8. The number of hydrogen-bond acceptors (Lipinski definition) is 5. The number of anilines is 1. The van der Waals surface area contributed by atoms with Crippen molar-refractivity contribution < 1.29 is 4.74 Å². The van der Waals surface area contributed by atoms with Gasteiger partial charge in [0.2, 0.25) is 5.88 Å². The third-order valence-corrected chi connectivity index (χ3v) is 3.79. The maximum atomic E-state index is 5.95. The SMILES string of the molecule is CCOc1ncnc(SC(C)C(C)C)c1N. The van der Waals surface area contributed by atoms with Crippen molar-refractivity contribution in [2.24, 2.45) is 5.92 Å². The van der Waals surface area contributed by atoms with E-state index in [2.05, 4.69) is 30.7 Å². The molecule has 0 aliphatic heterocycles. The van der Waals surface area contributed by atoms with Crippen LogP contribution in [0.15, 0.2) is 11.4 Å². The molecule has 1 unspecified atom stereocenters. The molecular formula is C11H19N3OS. The van der Waals surface area contributed by atoms with Crippen LogP contribution in [0, 0.1) is 5.92 Å². The van der Waals surface area contributed by atoms with Gasteiger partial charge in [0, 0.05) is 5.25 Å². The maximum Gasteiger partial charge on any atom is 0.241 e. The van der Waals surface area contributed by atoms with Crippen molar-refractivity contribution in [1.82, 2.24) is 9.97 Å². The molecule has 0 saturated carbocycles. The smallest absolute Gasteiger partial charge is 0.241 e. The van der Waals surface area contributed by atoms with Crippen LogP contribution < -0.4 is 10.5 Å². The lowest BCUT2D eigenvalue weighted by Crippen LogP contribution is -2.08. The van der Waals surface area contributed by atoms with Gasteiger partial charge in [-0.2, -0.15) is 4.98 Å². The molecule has 0 amide bonds. The number of aromatic nitrogens is 2. The van der Waals surface area contributed by atoms with E-state index in [1.165, 1.54) is 6.33 Å². The molecule has 1 heterocycles. The average Bonchev–Trinajstić information content (AvgIpc) is 2.24. The van der Waals surface area contributed by atoms with Crippen LogP contribution in [0.4, 0.5) is 5.69 Å². The Bertz CT molecular complexity index is 344. The molecule has 0 fully saturated rings. The van der Waals surface area contributed by atoms with Crippen LogP contribution in [-0.2, 0) is 0 Å². The second-order valence-corrected chi connectivity index (χ2v) is 5.26. The molecule has 0 bridgehead atoms. The number of thioether (sulfide) groups is 1. The van der Waals surface area contributed by atoms with Crippen molar-refractivity contribution in [3.63, 3.8) is 0 Å². The Balaban J connectivity index is 2.84. The fraction of sp³-hybridized carbons (Fsp3) is 0.636. The fourth-order valence-electron chi connectivity index (χ4n) is 1.02. The Morgan fingerprint density at radius 1 is 1.38 bits per heavy atom. The Kier molecular flexibility index (Phi) is 4.86. The first-order valence-corrected chi connectivity index (χ1v) is 6.34. The van der Waals surface area contributed by atoms with Crippen LogP contribution >= 0.6 is 11.8 Å². The summed E-state index contributed by atoms with van der Waals surface area (Å²) in [4.78, 5) is 8.20. The fourth-order valence-corrected chi connectivity index (χ4v) is 1.97. The minimum Gasteiger partial charge on any atom is -0.476 e. The lowest BCUT2D eigenvalue weighted by Gasteiger charge is -2.15. The summed E-state index contributed by atoms with van der Waals surface area (Å²) in [5.74, 6) is 1.06. The lowest BCUT2D eigenvalue weighted by atomic mass is 10.2. The number of nitrogens with zero attached hydrogens (tertiary/aromatic N) is 2. The van der Waals surface area contributed by atoms with Crippen molar-refractivity contribution in [2.45, 2.75) is 38.0 Å². The summed E-state index contributed by atoms with van der Waals surface area (Å²) in [5, 5.41) is 1.27. The molecule has 4 nitrogen and oxygen atoms in total. The predicted octanol–water partition coefficient (Wildman–Crippen LogP) is 2.59. The third kappa shape index (κ3) is 3.27. The van der Waals surface area contributed by atoms with E-state index < -0.39 is 0 Å². The van der Waals surface area contributed by atoms with Crippen LogP contribution in [0.5, 0.6) is 5.88 Å². The zero-order chi connectivity index (χ0) is 12.1. The highest BCUT2D eigenvalue weighted by Crippen LogP contribution is 2.33. The first kappa shape index (κ1) is 13.1. The zero-order valence-electron chi connectivity index (χ0n) is 10.2. The molecule has 0 aromatic carbocycles. The molecular weight excluding hydrogens is 222 g/mol. The molecule has 0 saturated heterocycles. The van der Waals surface area contributed by atoms with Crippen LogP contribution in [0.3, 0.4) is 0 Å². The Labute approximate surface area is 101 Å². The topological polar surface area (TPSA) is 61.0 Å². The van der Waals surface area contributed by atoms with Gasteiger partial charge >= 0.3 is 0 Å². The highest BCUT2D eigenvalue weighted by molar-refractivity contribution is 8.00. The van der Waals surface area contributed by atoms with E-state index in [0.29, 0.717) is 29.3 Å². The van der Waals surface area contributed by atoms with Gasteiger partial charge in [-0.3, -0.25) is 0 Å².